The number of aryl methyl sites for hydroxylation is 1. The van der Waals surface area contributed by atoms with E-state index in [4.69, 9.17) is 0 Å². The third-order valence-electron chi connectivity index (χ3n) is 4.12. The summed E-state index contributed by atoms with van der Waals surface area (Å²) in [5, 5.41) is 9.87. The molecule has 0 spiro atoms. The second-order valence-electron chi connectivity index (χ2n) is 5.78. The second kappa shape index (κ2) is 4.61. The van der Waals surface area contributed by atoms with Crippen LogP contribution >= 0.6 is 0 Å². The third-order valence-corrected chi connectivity index (χ3v) is 4.12. The van der Waals surface area contributed by atoms with E-state index in [0.717, 1.165) is 11.3 Å². The normalized spacial score (nSPS) is 18.0. The van der Waals surface area contributed by atoms with Gasteiger partial charge >= 0.3 is 0 Å². The van der Waals surface area contributed by atoms with Gasteiger partial charge in [0.05, 0.1) is 11.8 Å². The van der Waals surface area contributed by atoms with Crippen molar-refractivity contribution in [2.75, 3.05) is 5.32 Å². The van der Waals surface area contributed by atoms with E-state index in [2.05, 4.69) is 15.5 Å². The van der Waals surface area contributed by atoms with E-state index in [1.165, 1.54) is 0 Å². The minimum atomic E-state index is -0.244. The number of fused-ring (bicyclic) bond motifs is 1. The van der Waals surface area contributed by atoms with Crippen LogP contribution in [0.1, 0.15) is 49.0 Å². The maximum absolute atomic E-state index is 12.3. The molecule has 1 atom stereocenters. The Morgan fingerprint density at radius 3 is 2.67 bits per heavy atom. The Morgan fingerprint density at radius 2 is 2.10 bits per heavy atom. The summed E-state index contributed by atoms with van der Waals surface area (Å²) < 4.78 is 3.47. The van der Waals surface area contributed by atoms with Gasteiger partial charge < -0.3 is 5.32 Å². The van der Waals surface area contributed by atoms with E-state index < -0.39 is 0 Å². The highest BCUT2D eigenvalue weighted by Gasteiger charge is 2.34. The van der Waals surface area contributed by atoms with Gasteiger partial charge in [-0.3, -0.25) is 24.1 Å². The summed E-state index contributed by atoms with van der Waals surface area (Å²) in [7, 11) is 1.85. The van der Waals surface area contributed by atoms with Crippen LogP contribution in [0.4, 0.5) is 5.82 Å². The summed E-state index contributed by atoms with van der Waals surface area (Å²) in [6.07, 6.45) is 2.01. The summed E-state index contributed by atoms with van der Waals surface area (Å²) in [5.74, 6) is 0.259. The van der Waals surface area contributed by atoms with Crippen LogP contribution in [0.15, 0.2) is 11.0 Å². The van der Waals surface area contributed by atoms with Crippen LogP contribution < -0.4 is 10.9 Å². The van der Waals surface area contributed by atoms with Crippen LogP contribution in [0.2, 0.25) is 0 Å². The lowest BCUT2D eigenvalue weighted by atomic mass is 9.87. The fourth-order valence-corrected chi connectivity index (χ4v) is 2.89. The number of carbonyl (C=O) groups excluding carboxylic acids is 1. The molecule has 7 nitrogen and oxygen atoms in total. The average Bonchev–Trinajstić information content (AvgIpc) is 2.91. The van der Waals surface area contributed by atoms with Crippen LogP contribution in [0, 0.1) is 6.92 Å². The first-order valence-electron chi connectivity index (χ1n) is 7.03. The summed E-state index contributed by atoms with van der Waals surface area (Å²) in [6.45, 7) is 5.87. The van der Waals surface area contributed by atoms with Gasteiger partial charge in [-0.1, -0.05) is 0 Å². The number of rotatable bonds is 2. The molecule has 0 bridgehead atoms. The van der Waals surface area contributed by atoms with Crippen molar-refractivity contribution in [3.05, 3.63) is 33.4 Å². The molecule has 0 radical (unpaired) electrons. The molecule has 1 aliphatic heterocycles. The number of amides is 1. The van der Waals surface area contributed by atoms with Gasteiger partial charge in [0.2, 0.25) is 5.91 Å². The van der Waals surface area contributed by atoms with E-state index in [9.17, 15) is 9.59 Å². The number of hydrogen-bond donors (Lipinski definition) is 2. The molecule has 0 aromatic carbocycles. The highest BCUT2D eigenvalue weighted by molar-refractivity contribution is 5.94. The number of nitrogens with one attached hydrogen (secondary N) is 2. The van der Waals surface area contributed by atoms with Gasteiger partial charge in [-0.15, -0.1) is 0 Å². The molecule has 1 aliphatic rings. The first kappa shape index (κ1) is 13.7. The van der Waals surface area contributed by atoms with Crippen molar-refractivity contribution in [1.82, 2.24) is 19.6 Å². The maximum Gasteiger partial charge on any atom is 0.270 e. The van der Waals surface area contributed by atoms with Gasteiger partial charge in [0.1, 0.15) is 5.82 Å². The van der Waals surface area contributed by atoms with Crippen LogP contribution in [-0.4, -0.2) is 25.5 Å². The number of H-pyrrole nitrogens is 1. The highest BCUT2D eigenvalue weighted by Crippen LogP contribution is 2.36. The number of hydrogen-bond acceptors (Lipinski definition) is 3. The lowest BCUT2D eigenvalue weighted by Gasteiger charge is -2.23. The molecule has 0 saturated carbocycles. The van der Waals surface area contributed by atoms with E-state index in [0.29, 0.717) is 11.4 Å². The third kappa shape index (κ3) is 2.00. The largest absolute Gasteiger partial charge is 0.311 e. The van der Waals surface area contributed by atoms with Gasteiger partial charge in [-0.2, -0.15) is 5.10 Å². The molecule has 112 valence electrons. The lowest BCUT2D eigenvalue weighted by molar-refractivity contribution is -0.116. The molecule has 1 unspecified atom stereocenters. The number of aromatic nitrogens is 4. The summed E-state index contributed by atoms with van der Waals surface area (Å²) in [4.78, 5) is 24.4. The molecule has 3 rings (SSSR count). The van der Waals surface area contributed by atoms with Crippen LogP contribution in [-0.2, 0) is 11.8 Å². The predicted molar refractivity (Wildman–Crippen MR) is 78.5 cm³/mol. The number of carbonyl (C=O) groups is 1. The van der Waals surface area contributed by atoms with Gasteiger partial charge in [-0.05, 0) is 20.8 Å². The molecule has 0 fully saturated rings. The Morgan fingerprint density at radius 1 is 1.38 bits per heavy atom. The molecule has 7 heteroatoms. The first-order valence-corrected chi connectivity index (χ1v) is 7.03. The maximum atomic E-state index is 12.3. The SMILES string of the molecule is Cc1c(C2CC(=O)Nc3c2c(=O)[nH]n3C(C)C)cnn1C. The Hall–Kier alpha value is -2.31. The van der Waals surface area contributed by atoms with Gasteiger partial charge in [-0.25, -0.2) is 0 Å². The van der Waals surface area contributed by atoms with Gasteiger partial charge in [0.25, 0.3) is 5.56 Å². The van der Waals surface area contributed by atoms with Crippen molar-refractivity contribution in [3.8, 4) is 0 Å². The molecule has 3 heterocycles. The van der Waals surface area contributed by atoms with E-state index in [-0.39, 0.29) is 29.8 Å². The Bertz CT molecular complexity index is 765. The van der Waals surface area contributed by atoms with Crippen molar-refractivity contribution in [1.29, 1.82) is 0 Å². The van der Waals surface area contributed by atoms with E-state index in [1.807, 2.05) is 27.8 Å². The van der Waals surface area contributed by atoms with Crippen molar-refractivity contribution in [2.24, 2.45) is 7.05 Å². The van der Waals surface area contributed by atoms with Crippen LogP contribution in [0.3, 0.4) is 0 Å². The topological polar surface area (TPSA) is 84.7 Å². The molecule has 0 aliphatic carbocycles. The van der Waals surface area contributed by atoms with Crippen molar-refractivity contribution in [3.63, 3.8) is 0 Å². The molecule has 2 aromatic heterocycles. The van der Waals surface area contributed by atoms with Gasteiger partial charge in [0.15, 0.2) is 0 Å². The molecule has 0 saturated heterocycles. The molecular formula is C14H19N5O2. The number of anilines is 1. The number of aromatic amines is 1. The average molecular weight is 289 g/mol. The zero-order valence-electron chi connectivity index (χ0n) is 12.6. The predicted octanol–water partition coefficient (Wildman–Crippen LogP) is 1.27. The summed E-state index contributed by atoms with van der Waals surface area (Å²) in [5.41, 5.74) is 2.38. The minimum absolute atomic E-state index is 0.0653. The molecule has 21 heavy (non-hydrogen) atoms. The monoisotopic (exact) mass is 289 g/mol. The fraction of sp³-hybridized carbons (Fsp3) is 0.500. The summed E-state index contributed by atoms with van der Waals surface area (Å²) >= 11 is 0. The Balaban J connectivity index is 2.21. The molecule has 2 aromatic rings. The van der Waals surface area contributed by atoms with E-state index >= 15 is 0 Å². The Kier molecular flexibility index (Phi) is 3.00. The molecule has 2 N–H and O–H groups in total. The quantitative estimate of drug-likeness (QED) is 0.873. The molecule has 1 amide bonds. The second-order valence-corrected chi connectivity index (χ2v) is 5.78. The van der Waals surface area contributed by atoms with Crippen molar-refractivity contribution in [2.45, 2.75) is 39.2 Å². The molecular weight excluding hydrogens is 270 g/mol. The zero-order chi connectivity index (χ0) is 15.3. The first-order chi connectivity index (χ1) is 9.90. The lowest BCUT2D eigenvalue weighted by Crippen LogP contribution is -2.27. The highest BCUT2D eigenvalue weighted by atomic mass is 16.2. The number of nitrogens with zero attached hydrogens (tertiary/aromatic N) is 3. The van der Waals surface area contributed by atoms with Crippen molar-refractivity contribution < 1.29 is 4.79 Å². The smallest absolute Gasteiger partial charge is 0.270 e. The zero-order valence-corrected chi connectivity index (χ0v) is 12.6. The Labute approximate surface area is 121 Å². The summed E-state index contributed by atoms with van der Waals surface area (Å²) in [6, 6.07) is 0.0653. The standard InChI is InChI=1S/C14H19N5O2/c1-7(2)19-13-12(14(21)17-19)9(5-11(20)16-13)10-6-15-18(4)8(10)3/h6-7,9H,5H2,1-4H3,(H,16,20)(H,17,21). The van der Waals surface area contributed by atoms with Crippen LogP contribution in [0.25, 0.3) is 0 Å². The van der Waals surface area contributed by atoms with Gasteiger partial charge in [0, 0.05) is 36.7 Å². The van der Waals surface area contributed by atoms with Crippen LogP contribution in [0.5, 0.6) is 0 Å². The minimum Gasteiger partial charge on any atom is -0.311 e. The van der Waals surface area contributed by atoms with E-state index in [1.54, 1.807) is 15.6 Å². The fourth-order valence-electron chi connectivity index (χ4n) is 2.89. The van der Waals surface area contributed by atoms with Crippen molar-refractivity contribution >= 4 is 11.7 Å².